The lowest BCUT2D eigenvalue weighted by Crippen LogP contribution is -2.43. The van der Waals surface area contributed by atoms with Crippen molar-refractivity contribution >= 4 is 17.3 Å². The molecule has 3 rings (SSSR count). The van der Waals surface area contributed by atoms with Gasteiger partial charge in [-0.3, -0.25) is 14.9 Å². The maximum Gasteiger partial charge on any atom is 0.314 e. The lowest BCUT2D eigenvalue weighted by atomic mass is 9.90. The van der Waals surface area contributed by atoms with Gasteiger partial charge in [-0.1, -0.05) is 0 Å². The molecule has 1 aliphatic carbocycles. The lowest BCUT2D eigenvalue weighted by Gasteiger charge is -2.32. The largest absolute Gasteiger partial charge is 0.483 e. The van der Waals surface area contributed by atoms with Crippen LogP contribution >= 0.6 is 0 Å². The van der Waals surface area contributed by atoms with Crippen molar-refractivity contribution in [2.45, 2.75) is 25.0 Å². The van der Waals surface area contributed by atoms with E-state index >= 15 is 0 Å². The maximum atomic E-state index is 11.3. The van der Waals surface area contributed by atoms with Gasteiger partial charge in [0.05, 0.1) is 16.7 Å². The summed E-state index contributed by atoms with van der Waals surface area (Å²) in [7, 11) is 0. The topological polar surface area (TPSA) is 117 Å². The lowest BCUT2D eigenvalue weighted by molar-refractivity contribution is -0.386. The molecule has 8 heteroatoms. The fraction of sp³-hybridized carbons (Fsp3) is 0.417. The second-order valence-corrected chi connectivity index (χ2v) is 4.88. The standard InChI is InChI=1S/C12H13N3O5/c13-6-1-7(2-6)20-11-3-8-10(4-9(11)15(17)18)19-5-12(16)14-8/h3-4,6-7H,1-2,5,13H2,(H,14,16). The summed E-state index contributed by atoms with van der Waals surface area (Å²) in [5.74, 6) is 0.0911. The molecular formula is C12H13N3O5. The summed E-state index contributed by atoms with van der Waals surface area (Å²) in [4.78, 5) is 21.8. The molecule has 0 bridgehead atoms. The third-order valence-electron chi connectivity index (χ3n) is 3.32. The highest BCUT2D eigenvalue weighted by Gasteiger charge is 2.31. The zero-order valence-electron chi connectivity index (χ0n) is 10.5. The van der Waals surface area contributed by atoms with Gasteiger partial charge in [-0.05, 0) is 12.8 Å². The molecule has 3 N–H and O–H groups in total. The molecule has 0 radical (unpaired) electrons. The molecule has 2 aliphatic rings. The average molecular weight is 279 g/mol. The van der Waals surface area contributed by atoms with Crippen LogP contribution in [0.2, 0.25) is 0 Å². The van der Waals surface area contributed by atoms with Gasteiger partial charge in [0.15, 0.2) is 18.1 Å². The SMILES string of the molecule is NC1CC(Oc2cc3c(cc2[N+](=O)[O-])OCC(=O)N3)C1. The Morgan fingerprint density at radius 3 is 2.85 bits per heavy atom. The molecule has 1 fully saturated rings. The number of nitro benzene ring substituents is 1. The minimum Gasteiger partial charge on any atom is -0.483 e. The van der Waals surface area contributed by atoms with Crippen molar-refractivity contribution in [1.29, 1.82) is 0 Å². The third-order valence-corrected chi connectivity index (χ3v) is 3.32. The molecule has 106 valence electrons. The van der Waals surface area contributed by atoms with Gasteiger partial charge >= 0.3 is 5.69 Å². The van der Waals surface area contributed by atoms with Crippen LogP contribution in [-0.2, 0) is 4.79 Å². The van der Waals surface area contributed by atoms with Gasteiger partial charge in [0.1, 0.15) is 6.10 Å². The van der Waals surface area contributed by atoms with Gasteiger partial charge in [0.2, 0.25) is 0 Å². The van der Waals surface area contributed by atoms with Crippen LogP contribution in [0, 0.1) is 10.1 Å². The number of rotatable bonds is 3. The summed E-state index contributed by atoms with van der Waals surface area (Å²) in [5, 5.41) is 13.7. The first-order valence-corrected chi connectivity index (χ1v) is 6.20. The van der Waals surface area contributed by atoms with E-state index in [0.717, 1.165) is 0 Å². The van der Waals surface area contributed by atoms with Crippen molar-refractivity contribution in [3.8, 4) is 11.5 Å². The van der Waals surface area contributed by atoms with E-state index in [1.807, 2.05) is 0 Å². The highest BCUT2D eigenvalue weighted by atomic mass is 16.6. The molecule has 1 aromatic rings. The Bertz CT molecular complexity index is 583. The first kappa shape index (κ1) is 12.7. The molecule has 1 amide bonds. The van der Waals surface area contributed by atoms with E-state index in [-0.39, 0.29) is 41.8 Å². The van der Waals surface area contributed by atoms with E-state index in [1.165, 1.54) is 12.1 Å². The third kappa shape index (κ3) is 2.25. The average Bonchev–Trinajstić information content (AvgIpc) is 2.35. The number of nitrogens with two attached hydrogens (primary N) is 1. The normalized spacial score (nSPS) is 23.9. The number of benzene rings is 1. The number of hydrogen-bond donors (Lipinski definition) is 2. The maximum absolute atomic E-state index is 11.3. The fourth-order valence-corrected chi connectivity index (χ4v) is 2.22. The van der Waals surface area contributed by atoms with Crippen LogP contribution in [-0.4, -0.2) is 29.6 Å². The van der Waals surface area contributed by atoms with Crippen LogP contribution < -0.4 is 20.5 Å². The number of amides is 1. The summed E-state index contributed by atoms with van der Waals surface area (Å²) in [6.45, 7) is -0.151. The quantitative estimate of drug-likeness (QED) is 0.624. The molecule has 0 atom stereocenters. The summed E-state index contributed by atoms with van der Waals surface area (Å²) in [6.07, 6.45) is 1.20. The van der Waals surface area contributed by atoms with Crippen LogP contribution in [0.15, 0.2) is 12.1 Å². The van der Waals surface area contributed by atoms with Gasteiger partial charge in [-0.15, -0.1) is 0 Å². The molecular weight excluding hydrogens is 266 g/mol. The number of carbonyl (C=O) groups is 1. The number of carbonyl (C=O) groups excluding carboxylic acids is 1. The number of hydrogen-bond acceptors (Lipinski definition) is 6. The Morgan fingerprint density at radius 1 is 1.45 bits per heavy atom. The van der Waals surface area contributed by atoms with Crippen molar-refractivity contribution in [1.82, 2.24) is 0 Å². The number of nitrogens with one attached hydrogen (secondary N) is 1. The monoisotopic (exact) mass is 279 g/mol. The number of anilines is 1. The minimum absolute atomic E-state index is 0.0831. The van der Waals surface area contributed by atoms with Crippen LogP contribution in [0.25, 0.3) is 0 Å². The van der Waals surface area contributed by atoms with E-state index in [4.69, 9.17) is 15.2 Å². The fourth-order valence-electron chi connectivity index (χ4n) is 2.22. The molecule has 1 heterocycles. The van der Waals surface area contributed by atoms with E-state index in [1.54, 1.807) is 0 Å². The zero-order valence-corrected chi connectivity index (χ0v) is 10.5. The van der Waals surface area contributed by atoms with Crippen molar-refractivity contribution < 1.29 is 19.2 Å². The number of ether oxygens (including phenoxy) is 2. The smallest absolute Gasteiger partial charge is 0.314 e. The van der Waals surface area contributed by atoms with Gasteiger partial charge in [-0.25, -0.2) is 0 Å². The first-order chi connectivity index (χ1) is 9.52. The van der Waals surface area contributed by atoms with E-state index in [0.29, 0.717) is 18.5 Å². The molecule has 0 saturated heterocycles. The number of nitrogens with zero attached hydrogens (tertiary/aromatic N) is 1. The van der Waals surface area contributed by atoms with Gasteiger partial charge in [-0.2, -0.15) is 0 Å². The second kappa shape index (κ2) is 4.64. The molecule has 1 aliphatic heterocycles. The molecule has 1 aromatic carbocycles. The molecule has 8 nitrogen and oxygen atoms in total. The van der Waals surface area contributed by atoms with Crippen molar-refractivity contribution in [2.75, 3.05) is 11.9 Å². The highest BCUT2D eigenvalue weighted by molar-refractivity contribution is 5.96. The van der Waals surface area contributed by atoms with E-state index in [2.05, 4.69) is 5.32 Å². The second-order valence-electron chi connectivity index (χ2n) is 4.88. The Hall–Kier alpha value is -2.35. The van der Waals surface area contributed by atoms with E-state index < -0.39 is 4.92 Å². The van der Waals surface area contributed by atoms with Gasteiger partial charge in [0.25, 0.3) is 5.91 Å². The predicted molar refractivity (Wildman–Crippen MR) is 68.8 cm³/mol. The minimum atomic E-state index is -0.534. The Labute approximate surface area is 114 Å². The molecule has 0 unspecified atom stereocenters. The zero-order chi connectivity index (χ0) is 14.3. The molecule has 0 spiro atoms. The summed E-state index contributed by atoms with van der Waals surface area (Å²) in [5.41, 5.74) is 5.86. The van der Waals surface area contributed by atoms with Crippen LogP contribution in [0.4, 0.5) is 11.4 Å². The van der Waals surface area contributed by atoms with Crippen molar-refractivity contribution in [3.05, 3.63) is 22.2 Å². The summed E-state index contributed by atoms with van der Waals surface area (Å²) in [6, 6.07) is 2.77. The van der Waals surface area contributed by atoms with Gasteiger partial charge < -0.3 is 20.5 Å². The Balaban J connectivity index is 1.91. The molecule has 20 heavy (non-hydrogen) atoms. The number of nitro groups is 1. The van der Waals surface area contributed by atoms with Crippen molar-refractivity contribution in [3.63, 3.8) is 0 Å². The van der Waals surface area contributed by atoms with Crippen LogP contribution in [0.1, 0.15) is 12.8 Å². The van der Waals surface area contributed by atoms with E-state index in [9.17, 15) is 14.9 Å². The predicted octanol–water partition coefficient (Wildman–Crippen LogP) is 0.794. The van der Waals surface area contributed by atoms with Crippen molar-refractivity contribution in [2.24, 2.45) is 5.73 Å². The van der Waals surface area contributed by atoms with Crippen LogP contribution in [0.5, 0.6) is 11.5 Å². The number of fused-ring (bicyclic) bond motifs is 1. The van der Waals surface area contributed by atoms with Crippen LogP contribution in [0.3, 0.4) is 0 Å². The van der Waals surface area contributed by atoms with Gasteiger partial charge in [0, 0.05) is 12.1 Å². The Morgan fingerprint density at radius 2 is 2.20 bits per heavy atom. The molecule has 1 saturated carbocycles. The molecule has 0 aromatic heterocycles. The highest BCUT2D eigenvalue weighted by Crippen LogP contribution is 2.40. The Kier molecular flexibility index (Phi) is 2.94. The summed E-state index contributed by atoms with van der Waals surface area (Å²) < 4.78 is 10.7. The first-order valence-electron chi connectivity index (χ1n) is 6.20. The summed E-state index contributed by atoms with van der Waals surface area (Å²) >= 11 is 0.